The summed E-state index contributed by atoms with van der Waals surface area (Å²) in [7, 11) is 0. The number of hydrogen-bond donors (Lipinski definition) is 2. The van der Waals surface area contributed by atoms with Crippen LogP contribution in [0.3, 0.4) is 0 Å². The maximum atomic E-state index is 10.8. The second-order valence-corrected chi connectivity index (χ2v) is 4.49. The summed E-state index contributed by atoms with van der Waals surface area (Å²) in [6.07, 6.45) is 4.45. The van der Waals surface area contributed by atoms with Gasteiger partial charge in [-0.1, -0.05) is 13.0 Å². The van der Waals surface area contributed by atoms with E-state index in [0.717, 1.165) is 19.4 Å². The maximum Gasteiger partial charge on any atom is 0.331 e. The number of rotatable bonds is 5. The molecule has 0 saturated carbocycles. The Hall–Kier alpha value is -0.870. The highest BCUT2D eigenvalue weighted by Gasteiger charge is 2.26. The Morgan fingerprint density at radius 3 is 2.88 bits per heavy atom. The molecule has 0 spiro atoms. The van der Waals surface area contributed by atoms with Crippen molar-refractivity contribution in [3.8, 4) is 0 Å². The molecule has 0 aromatic heterocycles. The number of hydrogen-bond acceptors (Lipinski definition) is 3. The van der Waals surface area contributed by atoms with Crippen LogP contribution in [0.5, 0.6) is 0 Å². The molecule has 0 aromatic carbocycles. The van der Waals surface area contributed by atoms with Crippen LogP contribution in [0, 0.1) is 0 Å². The minimum Gasteiger partial charge on any atom is -0.478 e. The van der Waals surface area contributed by atoms with E-state index in [0.29, 0.717) is 25.1 Å². The van der Waals surface area contributed by atoms with E-state index in [-0.39, 0.29) is 5.54 Å². The molecule has 1 unspecified atom stereocenters. The molecule has 1 atom stereocenters. The Morgan fingerprint density at radius 1 is 1.62 bits per heavy atom. The van der Waals surface area contributed by atoms with Crippen molar-refractivity contribution in [2.75, 3.05) is 19.8 Å². The smallest absolute Gasteiger partial charge is 0.331 e. The molecule has 0 radical (unpaired) electrons. The Bertz CT molecular complexity index is 267. The van der Waals surface area contributed by atoms with Crippen LogP contribution in [-0.2, 0) is 9.53 Å². The molecule has 0 bridgehead atoms. The standard InChI is InChI=1S/C12H21NO3/c1-3-10(11(14)15)5-7-13-12(2)6-4-8-16-9-12/h5,13H,3-4,6-9H2,1-2H3,(H,14,15). The Kier molecular flexibility index (Phi) is 4.96. The lowest BCUT2D eigenvalue weighted by atomic mass is 9.95. The zero-order valence-electron chi connectivity index (χ0n) is 10.1. The van der Waals surface area contributed by atoms with Gasteiger partial charge in [0.1, 0.15) is 0 Å². The summed E-state index contributed by atoms with van der Waals surface area (Å²) < 4.78 is 5.42. The van der Waals surface area contributed by atoms with E-state index < -0.39 is 5.97 Å². The largest absolute Gasteiger partial charge is 0.478 e. The first-order valence-electron chi connectivity index (χ1n) is 5.82. The molecule has 0 aliphatic carbocycles. The second-order valence-electron chi connectivity index (χ2n) is 4.49. The Labute approximate surface area is 96.7 Å². The van der Waals surface area contributed by atoms with E-state index in [4.69, 9.17) is 9.84 Å². The van der Waals surface area contributed by atoms with Crippen LogP contribution in [0.1, 0.15) is 33.1 Å². The van der Waals surface area contributed by atoms with Gasteiger partial charge >= 0.3 is 5.97 Å². The van der Waals surface area contributed by atoms with E-state index in [1.807, 2.05) is 6.92 Å². The summed E-state index contributed by atoms with van der Waals surface area (Å²) in [5, 5.41) is 12.2. The van der Waals surface area contributed by atoms with Crippen molar-refractivity contribution in [1.82, 2.24) is 5.32 Å². The lowest BCUT2D eigenvalue weighted by molar-refractivity contribution is -0.132. The molecule has 92 valence electrons. The summed E-state index contributed by atoms with van der Waals surface area (Å²) in [6.45, 7) is 6.10. The second kappa shape index (κ2) is 6.01. The van der Waals surface area contributed by atoms with E-state index >= 15 is 0 Å². The zero-order chi connectivity index (χ0) is 12.0. The van der Waals surface area contributed by atoms with E-state index in [9.17, 15) is 4.79 Å². The number of carboxylic acids is 1. The van der Waals surface area contributed by atoms with Gasteiger partial charge in [-0.15, -0.1) is 0 Å². The number of ether oxygens (including phenoxy) is 1. The molecule has 4 nitrogen and oxygen atoms in total. The molecule has 1 saturated heterocycles. The molecule has 1 heterocycles. The van der Waals surface area contributed by atoms with Gasteiger partial charge in [-0.05, 0) is 26.2 Å². The highest BCUT2D eigenvalue weighted by atomic mass is 16.5. The van der Waals surface area contributed by atoms with Crippen molar-refractivity contribution in [3.05, 3.63) is 11.6 Å². The van der Waals surface area contributed by atoms with Crippen molar-refractivity contribution < 1.29 is 14.6 Å². The van der Waals surface area contributed by atoms with Crippen molar-refractivity contribution in [3.63, 3.8) is 0 Å². The molecule has 1 aliphatic rings. The average molecular weight is 227 g/mol. The minimum atomic E-state index is -0.825. The Morgan fingerprint density at radius 2 is 2.38 bits per heavy atom. The van der Waals surface area contributed by atoms with E-state index in [2.05, 4.69) is 12.2 Å². The molecular formula is C12H21NO3. The van der Waals surface area contributed by atoms with Crippen LogP contribution < -0.4 is 5.32 Å². The monoisotopic (exact) mass is 227 g/mol. The van der Waals surface area contributed by atoms with E-state index in [1.165, 1.54) is 0 Å². The first-order valence-corrected chi connectivity index (χ1v) is 5.82. The van der Waals surface area contributed by atoms with Crippen LogP contribution in [0.15, 0.2) is 11.6 Å². The fraction of sp³-hybridized carbons (Fsp3) is 0.750. The molecule has 4 heteroatoms. The van der Waals surface area contributed by atoms with Gasteiger partial charge in [0.05, 0.1) is 6.61 Å². The van der Waals surface area contributed by atoms with Crippen LogP contribution in [-0.4, -0.2) is 36.4 Å². The highest BCUT2D eigenvalue weighted by Crippen LogP contribution is 2.17. The van der Waals surface area contributed by atoms with Gasteiger partial charge in [0.2, 0.25) is 0 Å². The van der Waals surface area contributed by atoms with Gasteiger partial charge in [-0.3, -0.25) is 0 Å². The fourth-order valence-electron chi connectivity index (χ4n) is 1.88. The van der Waals surface area contributed by atoms with Crippen molar-refractivity contribution >= 4 is 5.97 Å². The molecular weight excluding hydrogens is 206 g/mol. The summed E-state index contributed by atoms with van der Waals surface area (Å²) in [5.41, 5.74) is 0.458. The number of nitrogens with one attached hydrogen (secondary N) is 1. The topological polar surface area (TPSA) is 58.6 Å². The lowest BCUT2D eigenvalue weighted by Gasteiger charge is -2.34. The van der Waals surface area contributed by atoms with Crippen molar-refractivity contribution in [1.29, 1.82) is 0 Å². The van der Waals surface area contributed by atoms with Gasteiger partial charge in [0.25, 0.3) is 0 Å². The van der Waals surface area contributed by atoms with Gasteiger partial charge in [0, 0.05) is 24.3 Å². The average Bonchev–Trinajstić information content (AvgIpc) is 2.25. The number of aliphatic carboxylic acids is 1. The van der Waals surface area contributed by atoms with Gasteiger partial charge in [-0.2, -0.15) is 0 Å². The molecule has 0 amide bonds. The minimum absolute atomic E-state index is 0.00783. The summed E-state index contributed by atoms with van der Waals surface area (Å²) >= 11 is 0. The fourth-order valence-corrected chi connectivity index (χ4v) is 1.88. The molecule has 16 heavy (non-hydrogen) atoms. The quantitative estimate of drug-likeness (QED) is 0.700. The highest BCUT2D eigenvalue weighted by molar-refractivity contribution is 5.86. The molecule has 0 aromatic rings. The van der Waals surface area contributed by atoms with E-state index in [1.54, 1.807) is 6.08 Å². The third-order valence-electron chi connectivity index (χ3n) is 2.97. The Balaban J connectivity index is 2.41. The van der Waals surface area contributed by atoms with Crippen LogP contribution >= 0.6 is 0 Å². The third-order valence-corrected chi connectivity index (χ3v) is 2.97. The SMILES string of the molecule is CCC(=CCNC1(C)CCCOC1)C(=O)O. The number of carboxylic acid groups (broad SMARTS) is 1. The van der Waals surface area contributed by atoms with Gasteiger partial charge < -0.3 is 15.2 Å². The maximum absolute atomic E-state index is 10.8. The van der Waals surface area contributed by atoms with Crippen molar-refractivity contribution in [2.45, 2.75) is 38.6 Å². The third kappa shape index (κ3) is 3.94. The lowest BCUT2D eigenvalue weighted by Crippen LogP contribution is -2.49. The first-order chi connectivity index (χ1) is 7.57. The molecule has 1 fully saturated rings. The molecule has 1 aliphatic heterocycles. The summed E-state index contributed by atoms with van der Waals surface area (Å²) in [4.78, 5) is 10.8. The van der Waals surface area contributed by atoms with Crippen molar-refractivity contribution in [2.24, 2.45) is 0 Å². The van der Waals surface area contributed by atoms with Crippen LogP contribution in [0.4, 0.5) is 0 Å². The normalized spacial score (nSPS) is 26.8. The zero-order valence-corrected chi connectivity index (χ0v) is 10.1. The predicted octanol–water partition coefficient (Wildman–Crippen LogP) is 1.57. The predicted molar refractivity (Wildman–Crippen MR) is 62.5 cm³/mol. The van der Waals surface area contributed by atoms with Crippen LogP contribution in [0.2, 0.25) is 0 Å². The van der Waals surface area contributed by atoms with Gasteiger partial charge in [0.15, 0.2) is 0 Å². The van der Waals surface area contributed by atoms with Crippen LogP contribution in [0.25, 0.3) is 0 Å². The molecule has 1 rings (SSSR count). The van der Waals surface area contributed by atoms with Gasteiger partial charge in [-0.25, -0.2) is 4.79 Å². The first kappa shape index (κ1) is 13.2. The summed E-state index contributed by atoms with van der Waals surface area (Å²) in [5.74, 6) is -0.825. The number of carbonyl (C=O) groups is 1. The summed E-state index contributed by atoms with van der Waals surface area (Å²) in [6, 6.07) is 0. The molecule has 2 N–H and O–H groups in total.